The monoisotopic (exact) mass is 740 g/mol. The van der Waals surface area contributed by atoms with Crippen LogP contribution in [0.5, 0.6) is 5.75 Å². The molecule has 286 valence electrons. The lowest BCUT2D eigenvalue weighted by Crippen LogP contribution is -2.48. The molecule has 0 spiro atoms. The van der Waals surface area contributed by atoms with E-state index in [1.54, 1.807) is 53.8 Å². The van der Waals surface area contributed by atoms with Gasteiger partial charge >= 0.3 is 6.09 Å². The molecule has 1 amide bonds. The van der Waals surface area contributed by atoms with E-state index in [9.17, 15) is 9.90 Å². The normalized spacial score (nSPS) is 21.6. The molecule has 14 nitrogen and oxygen atoms in total. The first-order valence-corrected chi connectivity index (χ1v) is 18.1. The first-order chi connectivity index (χ1) is 25.5. The highest BCUT2D eigenvalue weighted by molar-refractivity contribution is 5.97. The number of fused-ring (bicyclic) bond motifs is 3. The van der Waals surface area contributed by atoms with Crippen LogP contribution in [0.4, 0.5) is 16.4 Å². The molecule has 2 fully saturated rings. The molecule has 2 saturated heterocycles. The van der Waals surface area contributed by atoms with Gasteiger partial charge < -0.3 is 43.4 Å². The fourth-order valence-electron chi connectivity index (χ4n) is 6.59. The van der Waals surface area contributed by atoms with E-state index in [1.807, 2.05) is 66.9 Å². The van der Waals surface area contributed by atoms with E-state index >= 15 is 0 Å². The summed E-state index contributed by atoms with van der Waals surface area (Å²) >= 11 is 0. The third kappa shape index (κ3) is 8.27. The number of ether oxygens (including phenoxy) is 6. The van der Waals surface area contributed by atoms with Crippen molar-refractivity contribution < 1.29 is 38.3 Å². The number of amides is 1. The molecule has 0 saturated carbocycles. The number of nitrogens with zero attached hydrogens (tertiary/aromatic N) is 5. The summed E-state index contributed by atoms with van der Waals surface area (Å²) < 4.78 is 39.0. The topological polar surface area (TPSA) is 152 Å². The number of pyridine rings is 1. The molecule has 0 radical (unpaired) electrons. The van der Waals surface area contributed by atoms with Gasteiger partial charge in [0.05, 0.1) is 16.5 Å². The van der Waals surface area contributed by atoms with Gasteiger partial charge in [-0.1, -0.05) is 30.3 Å². The van der Waals surface area contributed by atoms with Crippen LogP contribution in [0, 0.1) is 0 Å². The highest BCUT2D eigenvalue weighted by atomic mass is 16.8. The number of hydrogen-bond acceptors (Lipinski definition) is 12. The fraction of sp³-hybridized carbons (Fsp3) is 0.450. The largest absolute Gasteiger partial charge is 0.491 e. The summed E-state index contributed by atoms with van der Waals surface area (Å²) in [5.41, 5.74) is 0.756. The molecule has 2 N–H and O–H groups in total. The summed E-state index contributed by atoms with van der Waals surface area (Å²) in [6, 6.07) is 21.7. The molecule has 2 aliphatic heterocycles. The van der Waals surface area contributed by atoms with Crippen LogP contribution in [0.1, 0.15) is 67.2 Å². The molecule has 0 aliphatic carbocycles. The van der Waals surface area contributed by atoms with Crippen LogP contribution in [0.3, 0.4) is 0 Å². The number of carbonyl (C=O) groups is 1. The molecule has 1 unspecified atom stereocenters. The summed E-state index contributed by atoms with van der Waals surface area (Å²) in [7, 11) is 0. The van der Waals surface area contributed by atoms with Gasteiger partial charge in [0.15, 0.2) is 17.8 Å². The van der Waals surface area contributed by atoms with Crippen LogP contribution in [-0.4, -0.2) is 79.0 Å². The number of anilines is 2. The predicted octanol–water partition coefficient (Wildman–Crippen LogP) is 6.92. The van der Waals surface area contributed by atoms with Gasteiger partial charge in [-0.15, -0.1) is 0 Å². The van der Waals surface area contributed by atoms with Gasteiger partial charge in [-0.05, 0) is 91.3 Å². The molecule has 5 aromatic rings. The lowest BCUT2D eigenvalue weighted by atomic mass is 10.1. The number of benzene rings is 2. The summed E-state index contributed by atoms with van der Waals surface area (Å²) in [6.45, 7) is 15.1. The molecule has 2 aromatic carbocycles. The lowest BCUT2D eigenvalue weighted by molar-refractivity contribution is -0.198. The Morgan fingerprint density at radius 2 is 1.72 bits per heavy atom. The van der Waals surface area contributed by atoms with Crippen molar-refractivity contribution in [1.82, 2.24) is 19.5 Å². The van der Waals surface area contributed by atoms with Crippen LogP contribution in [-0.2, 0) is 30.2 Å². The van der Waals surface area contributed by atoms with Crippen molar-refractivity contribution in [3.63, 3.8) is 0 Å². The first kappa shape index (κ1) is 37.5. The Kier molecular flexibility index (Phi) is 10.00. The molecular formula is C40H48N6O8. The molecular weight excluding hydrogens is 692 g/mol. The van der Waals surface area contributed by atoms with Crippen molar-refractivity contribution in [2.45, 2.75) is 110 Å². The van der Waals surface area contributed by atoms with Crippen molar-refractivity contribution in [2.24, 2.45) is 0 Å². The lowest BCUT2D eigenvalue weighted by Gasteiger charge is -2.33. The van der Waals surface area contributed by atoms with E-state index in [2.05, 4.69) is 27.4 Å². The standard InChI is InChI=1S/C40H48N6O8/c1-38(2,3)53-36(47)46(37(48)54-39(4,5)6)34-27-18-19-45(33(27)42-23-43-34)35-32-31(51-40(7,8)52-32)29(50-35)22-49-26-16-14-25-15-17-30(44-28(25)20-26)41-21-24-12-10-9-11-13-24/h9-20,23,29,31-32,35-36,47H,21-22H2,1-8H3,(H,41,44)/t29-,31-,32-,35-,36?/m1/s1. The number of rotatable bonds is 10. The highest BCUT2D eigenvalue weighted by Crippen LogP contribution is 2.44. The summed E-state index contributed by atoms with van der Waals surface area (Å²) in [6.07, 6.45) is -1.60. The second-order valence-corrected chi connectivity index (χ2v) is 15.9. The van der Waals surface area contributed by atoms with Crippen LogP contribution in [0.2, 0.25) is 0 Å². The second-order valence-electron chi connectivity index (χ2n) is 15.9. The Labute approximate surface area is 314 Å². The molecule has 0 bridgehead atoms. The second kappa shape index (κ2) is 14.4. The number of aliphatic hydroxyl groups is 1. The van der Waals surface area contributed by atoms with Gasteiger partial charge in [0, 0.05) is 24.2 Å². The molecule has 14 heteroatoms. The van der Waals surface area contributed by atoms with E-state index < -0.39 is 54.0 Å². The number of nitrogens with one attached hydrogen (secondary N) is 1. The molecule has 3 aromatic heterocycles. The predicted molar refractivity (Wildman–Crippen MR) is 202 cm³/mol. The third-order valence-corrected chi connectivity index (χ3v) is 8.78. The van der Waals surface area contributed by atoms with Crippen molar-refractivity contribution in [3.8, 4) is 5.75 Å². The SMILES string of the molecule is CC(C)(C)OC(=O)N(c1ncnc2c1ccn2[C@@H]1O[C@H](COc2ccc3ccc(NCc4ccccc4)nc3c2)[C@H]2OC(C)(C)O[C@H]21)C(O)OC(C)(C)C. The van der Waals surface area contributed by atoms with E-state index in [0.717, 1.165) is 21.6 Å². The Balaban J connectivity index is 1.12. The molecule has 5 heterocycles. The number of aliphatic hydroxyl groups excluding tert-OH is 1. The molecule has 54 heavy (non-hydrogen) atoms. The van der Waals surface area contributed by atoms with Gasteiger partial charge in [-0.3, -0.25) is 0 Å². The summed E-state index contributed by atoms with van der Waals surface area (Å²) in [5, 5.41) is 16.0. The minimum absolute atomic E-state index is 0.103. The molecule has 2 aliphatic rings. The Morgan fingerprint density at radius 1 is 0.981 bits per heavy atom. The first-order valence-electron chi connectivity index (χ1n) is 18.1. The summed E-state index contributed by atoms with van der Waals surface area (Å²) in [5.74, 6) is 0.630. The van der Waals surface area contributed by atoms with Crippen molar-refractivity contribution in [1.29, 1.82) is 0 Å². The number of aromatic nitrogens is 4. The van der Waals surface area contributed by atoms with Crippen molar-refractivity contribution in [2.75, 3.05) is 16.8 Å². The Bertz CT molecular complexity index is 2110. The minimum Gasteiger partial charge on any atom is -0.491 e. The maximum Gasteiger partial charge on any atom is 0.420 e. The van der Waals surface area contributed by atoms with Gasteiger partial charge in [0.1, 0.15) is 54.1 Å². The quantitative estimate of drug-likeness (QED) is 0.143. The average Bonchev–Trinajstić information content (AvgIpc) is 3.76. The fourth-order valence-corrected chi connectivity index (χ4v) is 6.59. The van der Waals surface area contributed by atoms with Crippen molar-refractivity contribution >= 4 is 39.7 Å². The van der Waals surface area contributed by atoms with Crippen LogP contribution in [0.15, 0.2) is 79.3 Å². The third-order valence-electron chi connectivity index (χ3n) is 8.78. The number of carbonyl (C=O) groups excluding carboxylic acids is 1. The Morgan fingerprint density at radius 3 is 2.46 bits per heavy atom. The maximum absolute atomic E-state index is 13.5. The molecule has 5 atom stereocenters. The van der Waals surface area contributed by atoms with Crippen LogP contribution >= 0.6 is 0 Å². The minimum atomic E-state index is -1.70. The zero-order valence-electron chi connectivity index (χ0n) is 31.8. The molecule has 7 rings (SSSR count). The zero-order valence-corrected chi connectivity index (χ0v) is 31.8. The van der Waals surface area contributed by atoms with Gasteiger partial charge in [-0.2, -0.15) is 0 Å². The Hall–Kier alpha value is -4.86. The average molecular weight is 741 g/mol. The van der Waals surface area contributed by atoms with Crippen LogP contribution in [0.25, 0.3) is 21.9 Å². The van der Waals surface area contributed by atoms with Crippen LogP contribution < -0.4 is 15.0 Å². The summed E-state index contributed by atoms with van der Waals surface area (Å²) in [4.78, 5) is 28.3. The van der Waals surface area contributed by atoms with E-state index in [4.69, 9.17) is 33.4 Å². The maximum atomic E-state index is 13.5. The van der Waals surface area contributed by atoms with Gasteiger partial charge in [-0.25, -0.2) is 24.6 Å². The van der Waals surface area contributed by atoms with Gasteiger partial charge in [0.2, 0.25) is 6.41 Å². The highest BCUT2D eigenvalue weighted by Gasteiger charge is 2.56. The zero-order chi connectivity index (χ0) is 38.4. The van der Waals surface area contributed by atoms with E-state index in [1.165, 1.54) is 11.9 Å². The van der Waals surface area contributed by atoms with E-state index in [0.29, 0.717) is 23.3 Å². The van der Waals surface area contributed by atoms with E-state index in [-0.39, 0.29) is 12.4 Å². The number of hydrogen-bond donors (Lipinski definition) is 2. The van der Waals surface area contributed by atoms with Crippen molar-refractivity contribution in [3.05, 3.63) is 84.8 Å². The smallest absolute Gasteiger partial charge is 0.420 e. The van der Waals surface area contributed by atoms with Gasteiger partial charge in [0.25, 0.3) is 0 Å².